The van der Waals surface area contributed by atoms with Crippen LogP contribution in [-0.2, 0) is 4.74 Å². The topological polar surface area (TPSA) is 64.3 Å². The highest BCUT2D eigenvalue weighted by Gasteiger charge is 2.12. The summed E-state index contributed by atoms with van der Waals surface area (Å²) >= 11 is 5.92. The Balaban J connectivity index is 2.47. The molecule has 0 heterocycles. The number of nitrogens with one attached hydrogen (secondary N) is 1. The Morgan fingerprint density at radius 2 is 2.29 bits per heavy atom. The highest BCUT2D eigenvalue weighted by atomic mass is 35.5. The number of carbonyl (C=O) groups excluding carboxylic acids is 1. The first-order valence-corrected chi connectivity index (χ1v) is 5.94. The third kappa shape index (κ3) is 4.24. The number of hydrogen-bond acceptors (Lipinski definition) is 3. The molecule has 0 saturated heterocycles. The van der Waals surface area contributed by atoms with Gasteiger partial charge in [-0.05, 0) is 25.5 Å². The molecule has 5 heteroatoms. The van der Waals surface area contributed by atoms with E-state index in [2.05, 4.69) is 5.32 Å². The molecule has 0 atom stereocenters. The molecule has 1 rings (SSSR count). The van der Waals surface area contributed by atoms with Crippen molar-refractivity contribution in [3.05, 3.63) is 28.8 Å². The Morgan fingerprint density at radius 1 is 1.53 bits per heavy atom. The lowest BCUT2D eigenvalue weighted by atomic mass is 10.1. The average molecular weight is 257 g/mol. The predicted molar refractivity (Wildman–Crippen MR) is 69.3 cm³/mol. The highest BCUT2D eigenvalue weighted by Crippen LogP contribution is 2.21. The van der Waals surface area contributed by atoms with Crippen molar-refractivity contribution in [3.8, 4) is 0 Å². The number of rotatable bonds is 6. The van der Waals surface area contributed by atoms with Gasteiger partial charge in [-0.25, -0.2) is 0 Å². The van der Waals surface area contributed by atoms with Crippen LogP contribution in [0.2, 0.25) is 5.02 Å². The van der Waals surface area contributed by atoms with E-state index in [1.54, 1.807) is 18.2 Å². The smallest absolute Gasteiger partial charge is 0.254 e. The van der Waals surface area contributed by atoms with Crippen LogP contribution in [0.15, 0.2) is 18.2 Å². The second-order valence-corrected chi connectivity index (χ2v) is 3.92. The van der Waals surface area contributed by atoms with Crippen LogP contribution in [0.25, 0.3) is 0 Å². The Bertz CT molecular complexity index is 363. The van der Waals surface area contributed by atoms with Crippen LogP contribution >= 0.6 is 11.6 Å². The molecule has 0 aliphatic heterocycles. The summed E-state index contributed by atoms with van der Waals surface area (Å²) in [7, 11) is 0. The Labute approximate surface area is 106 Å². The van der Waals surface area contributed by atoms with Crippen molar-refractivity contribution in [3.63, 3.8) is 0 Å². The number of nitrogen functional groups attached to an aromatic ring is 1. The summed E-state index contributed by atoms with van der Waals surface area (Å²) in [6.45, 7) is 3.80. The van der Waals surface area contributed by atoms with Crippen LogP contribution in [0.1, 0.15) is 23.7 Å². The molecule has 0 aliphatic rings. The fourth-order valence-corrected chi connectivity index (χ4v) is 1.66. The highest BCUT2D eigenvalue weighted by molar-refractivity contribution is 6.34. The fraction of sp³-hybridized carbons (Fsp3) is 0.417. The van der Waals surface area contributed by atoms with Crippen molar-refractivity contribution in [2.24, 2.45) is 0 Å². The van der Waals surface area contributed by atoms with Crippen LogP contribution in [-0.4, -0.2) is 25.7 Å². The lowest BCUT2D eigenvalue weighted by Crippen LogP contribution is -2.26. The summed E-state index contributed by atoms with van der Waals surface area (Å²) in [6, 6.07) is 5.01. The van der Waals surface area contributed by atoms with Gasteiger partial charge in [-0.15, -0.1) is 0 Å². The van der Waals surface area contributed by atoms with E-state index in [-0.39, 0.29) is 5.91 Å². The van der Waals surface area contributed by atoms with Crippen molar-refractivity contribution in [1.29, 1.82) is 0 Å². The average Bonchev–Trinajstić information content (AvgIpc) is 2.28. The lowest BCUT2D eigenvalue weighted by molar-refractivity contribution is 0.0945. The Hall–Kier alpha value is -1.26. The third-order valence-electron chi connectivity index (χ3n) is 2.23. The summed E-state index contributed by atoms with van der Waals surface area (Å²) in [5.41, 5.74) is 6.43. The summed E-state index contributed by atoms with van der Waals surface area (Å²) < 4.78 is 5.17. The van der Waals surface area contributed by atoms with Gasteiger partial charge in [0.25, 0.3) is 5.91 Å². The number of amides is 1. The van der Waals surface area contributed by atoms with Gasteiger partial charge in [0.2, 0.25) is 0 Å². The van der Waals surface area contributed by atoms with Crippen LogP contribution in [0, 0.1) is 0 Å². The van der Waals surface area contributed by atoms with E-state index in [4.69, 9.17) is 22.1 Å². The van der Waals surface area contributed by atoms with Gasteiger partial charge in [0.15, 0.2) is 0 Å². The molecule has 0 radical (unpaired) electrons. The molecule has 1 aromatic carbocycles. The normalized spacial score (nSPS) is 10.2. The summed E-state index contributed by atoms with van der Waals surface area (Å²) in [6.07, 6.45) is 0.768. The van der Waals surface area contributed by atoms with Crippen LogP contribution in [0.5, 0.6) is 0 Å². The quantitative estimate of drug-likeness (QED) is 0.605. The zero-order valence-corrected chi connectivity index (χ0v) is 10.6. The summed E-state index contributed by atoms with van der Waals surface area (Å²) in [4.78, 5) is 11.8. The molecule has 0 aromatic heterocycles. The van der Waals surface area contributed by atoms with Gasteiger partial charge in [-0.2, -0.15) is 0 Å². The van der Waals surface area contributed by atoms with E-state index in [0.29, 0.717) is 36.0 Å². The van der Waals surface area contributed by atoms with E-state index in [0.717, 1.165) is 6.42 Å². The van der Waals surface area contributed by atoms with Gasteiger partial charge in [0.05, 0.1) is 10.6 Å². The largest absolute Gasteiger partial charge is 0.398 e. The van der Waals surface area contributed by atoms with Gasteiger partial charge in [-0.1, -0.05) is 17.7 Å². The first kappa shape index (κ1) is 13.8. The molecule has 0 spiro atoms. The Kier molecular flexibility index (Phi) is 5.80. The molecule has 0 aliphatic carbocycles. The molecular weight excluding hydrogens is 240 g/mol. The molecule has 0 unspecified atom stereocenters. The molecule has 4 nitrogen and oxygen atoms in total. The van der Waals surface area contributed by atoms with Crippen molar-refractivity contribution in [2.45, 2.75) is 13.3 Å². The number of halogens is 1. The minimum absolute atomic E-state index is 0.246. The summed E-state index contributed by atoms with van der Waals surface area (Å²) in [5, 5.41) is 3.12. The van der Waals surface area contributed by atoms with Crippen molar-refractivity contribution in [2.75, 3.05) is 25.5 Å². The maximum absolute atomic E-state index is 11.8. The number of carbonyl (C=O) groups is 1. The van der Waals surface area contributed by atoms with E-state index < -0.39 is 0 Å². The molecule has 1 aromatic rings. The van der Waals surface area contributed by atoms with Gasteiger partial charge in [0, 0.05) is 25.4 Å². The maximum atomic E-state index is 11.8. The van der Waals surface area contributed by atoms with Crippen LogP contribution in [0.3, 0.4) is 0 Å². The predicted octanol–water partition coefficient (Wildman–Crippen LogP) is 2.08. The molecule has 0 saturated carbocycles. The number of anilines is 1. The third-order valence-corrected chi connectivity index (χ3v) is 2.54. The molecular formula is C12H17ClN2O2. The van der Waals surface area contributed by atoms with Crippen molar-refractivity contribution < 1.29 is 9.53 Å². The van der Waals surface area contributed by atoms with Gasteiger partial charge in [0.1, 0.15) is 0 Å². The number of benzene rings is 1. The molecule has 94 valence electrons. The van der Waals surface area contributed by atoms with Crippen LogP contribution < -0.4 is 11.1 Å². The fourth-order valence-electron chi connectivity index (χ4n) is 1.39. The minimum Gasteiger partial charge on any atom is -0.398 e. The number of hydrogen-bond donors (Lipinski definition) is 2. The van der Waals surface area contributed by atoms with E-state index >= 15 is 0 Å². The second-order valence-electron chi connectivity index (χ2n) is 3.51. The molecule has 0 bridgehead atoms. The van der Waals surface area contributed by atoms with E-state index in [1.165, 1.54) is 0 Å². The van der Waals surface area contributed by atoms with Gasteiger partial charge < -0.3 is 15.8 Å². The molecule has 1 amide bonds. The van der Waals surface area contributed by atoms with Gasteiger partial charge in [-0.3, -0.25) is 4.79 Å². The van der Waals surface area contributed by atoms with Crippen molar-refractivity contribution >= 4 is 23.2 Å². The maximum Gasteiger partial charge on any atom is 0.254 e. The first-order valence-electron chi connectivity index (χ1n) is 5.56. The van der Waals surface area contributed by atoms with Crippen LogP contribution in [0.4, 0.5) is 5.69 Å². The monoisotopic (exact) mass is 256 g/mol. The SMILES string of the molecule is CCOCCCNC(=O)c1c(N)cccc1Cl. The zero-order chi connectivity index (χ0) is 12.7. The number of ether oxygens (including phenoxy) is 1. The molecule has 0 fully saturated rings. The zero-order valence-electron chi connectivity index (χ0n) is 9.83. The second kappa shape index (κ2) is 7.14. The lowest BCUT2D eigenvalue weighted by Gasteiger charge is -2.09. The molecule has 3 N–H and O–H groups in total. The standard InChI is InChI=1S/C12H17ClN2O2/c1-2-17-8-4-7-15-12(16)11-9(13)5-3-6-10(11)14/h3,5-6H,2,4,7-8,14H2,1H3,(H,15,16). The van der Waals surface area contributed by atoms with E-state index in [9.17, 15) is 4.79 Å². The summed E-state index contributed by atoms with van der Waals surface area (Å²) in [5.74, 6) is -0.246. The van der Waals surface area contributed by atoms with Gasteiger partial charge >= 0.3 is 0 Å². The van der Waals surface area contributed by atoms with E-state index in [1.807, 2.05) is 6.92 Å². The Morgan fingerprint density at radius 3 is 2.94 bits per heavy atom. The molecule has 17 heavy (non-hydrogen) atoms. The minimum atomic E-state index is -0.246. The number of nitrogens with two attached hydrogens (primary N) is 1. The van der Waals surface area contributed by atoms with Crippen molar-refractivity contribution in [1.82, 2.24) is 5.32 Å². The first-order chi connectivity index (χ1) is 8.16.